The molecule has 0 radical (unpaired) electrons. The molecular formula is C43H69NO10. The third-order valence-electron chi connectivity index (χ3n) is 13.0. The molecule has 306 valence electrons. The lowest BCUT2D eigenvalue weighted by Crippen LogP contribution is -2.62. The quantitative estimate of drug-likeness (QED) is 0.176. The SMILES string of the molecule is CC[C@H]1C[C@@H](C)[C@@]2(O)O[C@@H]1CC[C@@H](C)C/C(C)=C/[C@@H](CC)C(=O)C[C@H](O)[C@@H](C)[C@@H](/C(C)=C/[C@@H]1CC[C@@H](O)[C@H](OC)C1)OC(=O)C1CCCCN1C(=O)C2=O. The Hall–Kier alpha value is -2.44. The van der Waals surface area contributed by atoms with Crippen LogP contribution in [0.25, 0.3) is 0 Å². The normalized spacial score (nSPS) is 41.3. The maximum Gasteiger partial charge on any atom is 0.329 e. The van der Waals surface area contributed by atoms with Gasteiger partial charge in [0.05, 0.1) is 24.4 Å². The number of amides is 1. The average molecular weight is 760 g/mol. The van der Waals surface area contributed by atoms with E-state index < -0.39 is 65.7 Å². The maximum atomic E-state index is 14.2. The van der Waals surface area contributed by atoms with E-state index in [0.29, 0.717) is 56.9 Å². The number of hydrogen-bond donors (Lipinski definition) is 3. The first kappa shape index (κ1) is 44.3. The van der Waals surface area contributed by atoms with E-state index in [9.17, 15) is 34.5 Å². The van der Waals surface area contributed by atoms with Crippen molar-refractivity contribution < 1.29 is 48.7 Å². The third-order valence-corrected chi connectivity index (χ3v) is 13.0. The van der Waals surface area contributed by atoms with Gasteiger partial charge in [0.15, 0.2) is 0 Å². The minimum atomic E-state index is -2.32. The molecule has 1 aliphatic carbocycles. The molecule has 2 bridgehead atoms. The van der Waals surface area contributed by atoms with Gasteiger partial charge in [-0.05, 0) is 108 Å². The lowest BCUT2D eigenvalue weighted by molar-refractivity contribution is -0.276. The summed E-state index contributed by atoms with van der Waals surface area (Å²) in [6.07, 6.45) is 7.86. The molecule has 3 heterocycles. The van der Waals surface area contributed by atoms with E-state index in [-0.39, 0.29) is 54.9 Å². The number of ketones is 2. The van der Waals surface area contributed by atoms with Crippen LogP contribution in [0, 0.1) is 35.5 Å². The molecule has 3 aliphatic heterocycles. The second-order valence-electron chi connectivity index (χ2n) is 17.2. The van der Waals surface area contributed by atoms with Gasteiger partial charge < -0.3 is 34.4 Å². The summed E-state index contributed by atoms with van der Waals surface area (Å²) < 4.78 is 18.1. The van der Waals surface area contributed by atoms with Gasteiger partial charge in [0.25, 0.3) is 11.7 Å². The predicted octanol–water partition coefficient (Wildman–Crippen LogP) is 5.86. The lowest BCUT2D eigenvalue weighted by Gasteiger charge is -2.45. The molecule has 11 nitrogen and oxygen atoms in total. The van der Waals surface area contributed by atoms with Crippen LogP contribution in [-0.4, -0.2) is 99.7 Å². The standard InChI is InChI=1S/C43H69NO10/c1-9-31-20-26(4)19-25(3)14-17-37-32(10-2)22-28(6)43(51,54-37)40(48)41(49)44-18-12-11-13-33(44)42(50)53-39(29(7)35(46)24-36(31)47)27(5)21-30-15-16-34(45)38(23-30)52-8/h20-21,25,28-35,37-39,45-46,51H,9-19,22-24H2,1-8H3/b26-20+,27-21+/t25-,28-,29-,30+,31-,32+,33?,34-,35+,37-,38-,39-,43-/m1/s1. The molecule has 13 atom stereocenters. The Morgan fingerprint density at radius 3 is 2.35 bits per heavy atom. The Labute approximate surface area is 323 Å². The van der Waals surface area contributed by atoms with Crippen molar-refractivity contribution in [3.05, 3.63) is 23.3 Å². The minimum Gasteiger partial charge on any atom is -0.456 e. The van der Waals surface area contributed by atoms with E-state index in [2.05, 4.69) is 13.8 Å². The van der Waals surface area contributed by atoms with E-state index in [1.807, 2.05) is 32.9 Å². The Kier molecular flexibility index (Phi) is 16.1. The molecule has 0 aromatic heterocycles. The number of ether oxygens (including phenoxy) is 3. The van der Waals surface area contributed by atoms with E-state index in [0.717, 1.165) is 24.8 Å². The largest absolute Gasteiger partial charge is 0.456 e. The van der Waals surface area contributed by atoms with Gasteiger partial charge in [0, 0.05) is 37.8 Å². The van der Waals surface area contributed by atoms with Crippen LogP contribution in [0.3, 0.4) is 0 Å². The first-order valence-corrected chi connectivity index (χ1v) is 20.8. The zero-order valence-electron chi connectivity index (χ0n) is 34.1. The zero-order valence-corrected chi connectivity index (χ0v) is 34.1. The van der Waals surface area contributed by atoms with E-state index in [1.165, 1.54) is 4.90 Å². The fraction of sp³-hybridized carbons (Fsp3) is 0.814. The van der Waals surface area contributed by atoms with Gasteiger partial charge in [-0.15, -0.1) is 0 Å². The molecule has 54 heavy (non-hydrogen) atoms. The number of fused-ring (bicyclic) bond motifs is 3. The van der Waals surface area contributed by atoms with Crippen molar-refractivity contribution in [3.63, 3.8) is 0 Å². The van der Waals surface area contributed by atoms with Crippen LogP contribution in [0.4, 0.5) is 0 Å². The number of piperidine rings is 1. The van der Waals surface area contributed by atoms with E-state index in [4.69, 9.17) is 14.2 Å². The number of cyclic esters (lactones) is 1. The highest BCUT2D eigenvalue weighted by Gasteiger charge is 2.54. The van der Waals surface area contributed by atoms with Crippen LogP contribution in [0.2, 0.25) is 0 Å². The molecular weight excluding hydrogens is 690 g/mol. The van der Waals surface area contributed by atoms with Gasteiger partial charge in [-0.1, -0.05) is 58.8 Å². The third kappa shape index (κ3) is 10.5. The van der Waals surface area contributed by atoms with Crippen LogP contribution < -0.4 is 0 Å². The second kappa shape index (κ2) is 19.6. The van der Waals surface area contributed by atoms with Crippen LogP contribution >= 0.6 is 0 Å². The topological polar surface area (TPSA) is 160 Å². The highest BCUT2D eigenvalue weighted by Crippen LogP contribution is 2.41. The Balaban J connectivity index is 1.73. The van der Waals surface area contributed by atoms with E-state index in [1.54, 1.807) is 21.0 Å². The minimum absolute atomic E-state index is 0.0212. The number of Topliss-reactive ketones (excluding diaryl/α,β-unsaturated/α-hetero) is 2. The molecule has 1 saturated carbocycles. The number of aliphatic hydroxyl groups is 3. The molecule has 3 fully saturated rings. The summed E-state index contributed by atoms with van der Waals surface area (Å²) in [6, 6.07) is -1.08. The molecule has 2 saturated heterocycles. The highest BCUT2D eigenvalue weighted by atomic mass is 16.6. The number of methoxy groups -OCH3 is 1. The molecule has 3 N–H and O–H groups in total. The highest BCUT2D eigenvalue weighted by molar-refractivity contribution is 6.39. The summed E-state index contributed by atoms with van der Waals surface area (Å²) in [7, 11) is 1.57. The number of esters is 1. The summed E-state index contributed by atoms with van der Waals surface area (Å²) in [6.45, 7) is 13.7. The molecule has 11 heteroatoms. The van der Waals surface area contributed by atoms with Crippen LogP contribution in [0.15, 0.2) is 23.3 Å². The molecule has 0 aromatic rings. The van der Waals surface area contributed by atoms with Gasteiger partial charge in [-0.3, -0.25) is 14.4 Å². The number of nitrogens with zero attached hydrogens (tertiary/aromatic N) is 1. The molecule has 4 rings (SSSR count). The summed E-state index contributed by atoms with van der Waals surface area (Å²) in [5.74, 6) is -6.45. The van der Waals surface area contributed by atoms with E-state index >= 15 is 0 Å². The zero-order chi connectivity index (χ0) is 39.9. The predicted molar refractivity (Wildman–Crippen MR) is 205 cm³/mol. The summed E-state index contributed by atoms with van der Waals surface area (Å²) in [5, 5.41) is 33.9. The first-order chi connectivity index (χ1) is 25.5. The Morgan fingerprint density at radius 1 is 0.963 bits per heavy atom. The van der Waals surface area contributed by atoms with Crippen molar-refractivity contribution in [2.24, 2.45) is 35.5 Å². The average Bonchev–Trinajstić information content (AvgIpc) is 3.15. The van der Waals surface area contributed by atoms with Crippen molar-refractivity contribution in [2.45, 2.75) is 174 Å². The molecule has 1 amide bonds. The number of hydrogen-bond acceptors (Lipinski definition) is 10. The van der Waals surface area contributed by atoms with Gasteiger partial charge in [-0.25, -0.2) is 4.79 Å². The second-order valence-corrected chi connectivity index (χ2v) is 17.2. The lowest BCUT2D eigenvalue weighted by atomic mass is 9.77. The number of allylic oxidation sites excluding steroid dienone is 3. The fourth-order valence-electron chi connectivity index (χ4n) is 9.44. The number of carbonyl (C=O) groups is 4. The van der Waals surface area contributed by atoms with Gasteiger partial charge in [-0.2, -0.15) is 0 Å². The fourth-order valence-corrected chi connectivity index (χ4v) is 9.44. The van der Waals surface area contributed by atoms with Crippen molar-refractivity contribution in [1.29, 1.82) is 0 Å². The summed E-state index contributed by atoms with van der Waals surface area (Å²) in [4.78, 5) is 57.4. The van der Waals surface area contributed by atoms with Crippen LogP contribution in [-0.2, 0) is 33.4 Å². The number of aliphatic hydroxyl groups excluding tert-OH is 2. The maximum absolute atomic E-state index is 14.2. The van der Waals surface area contributed by atoms with Gasteiger partial charge >= 0.3 is 5.97 Å². The molecule has 4 aliphatic rings. The summed E-state index contributed by atoms with van der Waals surface area (Å²) in [5.41, 5.74) is 1.77. The molecule has 0 spiro atoms. The first-order valence-electron chi connectivity index (χ1n) is 20.8. The van der Waals surface area contributed by atoms with Crippen molar-refractivity contribution in [1.82, 2.24) is 4.90 Å². The number of carbonyl (C=O) groups excluding carboxylic acids is 4. The number of rotatable bonds is 5. The van der Waals surface area contributed by atoms with Crippen LogP contribution in [0.1, 0.15) is 132 Å². The Morgan fingerprint density at radius 2 is 1.69 bits per heavy atom. The molecule has 0 aromatic carbocycles. The Bertz CT molecular complexity index is 1380. The van der Waals surface area contributed by atoms with Crippen molar-refractivity contribution in [2.75, 3.05) is 13.7 Å². The van der Waals surface area contributed by atoms with Gasteiger partial charge in [0.1, 0.15) is 17.9 Å². The molecule has 1 unspecified atom stereocenters. The van der Waals surface area contributed by atoms with Crippen molar-refractivity contribution >= 4 is 23.4 Å². The van der Waals surface area contributed by atoms with Gasteiger partial charge in [0.2, 0.25) is 5.79 Å². The monoisotopic (exact) mass is 759 g/mol. The smallest absolute Gasteiger partial charge is 0.329 e. The summed E-state index contributed by atoms with van der Waals surface area (Å²) >= 11 is 0. The van der Waals surface area contributed by atoms with Crippen molar-refractivity contribution in [3.8, 4) is 0 Å². The van der Waals surface area contributed by atoms with Crippen LogP contribution in [0.5, 0.6) is 0 Å².